The van der Waals surface area contributed by atoms with Gasteiger partial charge in [0.25, 0.3) is 0 Å². The molecule has 2 aromatic rings. The van der Waals surface area contributed by atoms with E-state index >= 15 is 0 Å². The van der Waals surface area contributed by atoms with Crippen molar-refractivity contribution in [3.8, 4) is 0 Å². The molecule has 2 N–H and O–H groups in total. The topological polar surface area (TPSA) is 72.9 Å². The van der Waals surface area contributed by atoms with Gasteiger partial charge >= 0.3 is 15.5 Å². The molecule has 0 bridgehead atoms. The number of nitrogens with zero attached hydrogens (tertiary/aromatic N) is 2. The fourth-order valence-electron chi connectivity index (χ4n) is 4.94. The molecule has 1 saturated carbocycles. The summed E-state index contributed by atoms with van der Waals surface area (Å²) in [5, 5.41) is 12.7. The van der Waals surface area contributed by atoms with Gasteiger partial charge in [-0.3, -0.25) is 0 Å². The molecule has 1 aliphatic carbocycles. The number of alkyl halides is 3. The Bertz CT molecular complexity index is 1280. The number of benzene rings is 2. The van der Waals surface area contributed by atoms with E-state index in [9.17, 15) is 26.7 Å². The van der Waals surface area contributed by atoms with Gasteiger partial charge in [0.2, 0.25) is 0 Å². The SMILES string of the molecule is CCN1/C(=C/C2C(O)C(/C=C3\Sc4ccccc4N3CC)C2NS(=O)(=O)C(F)(F)F)Sc2ccccc21. The summed E-state index contributed by atoms with van der Waals surface area (Å²) in [6.45, 7) is 5.15. The van der Waals surface area contributed by atoms with Gasteiger partial charge in [-0.2, -0.15) is 13.2 Å². The second kappa shape index (κ2) is 9.88. The van der Waals surface area contributed by atoms with Crippen LogP contribution in [0, 0.1) is 11.8 Å². The van der Waals surface area contributed by atoms with Gasteiger partial charge in [-0.05, 0) is 50.3 Å². The average Bonchev–Trinajstić information content (AvgIpc) is 3.41. The molecular weight excluding hydrogens is 543 g/mol. The molecule has 2 aliphatic heterocycles. The van der Waals surface area contributed by atoms with Gasteiger partial charge in [-0.15, -0.1) is 0 Å². The van der Waals surface area contributed by atoms with Crippen LogP contribution < -0.4 is 14.5 Å². The number of rotatable bonds is 6. The third-order valence-electron chi connectivity index (χ3n) is 6.79. The van der Waals surface area contributed by atoms with Crippen molar-refractivity contribution in [3.05, 3.63) is 70.7 Å². The van der Waals surface area contributed by atoms with E-state index in [-0.39, 0.29) is 0 Å². The lowest BCUT2D eigenvalue weighted by molar-refractivity contribution is -0.0515. The van der Waals surface area contributed by atoms with Gasteiger partial charge in [-0.1, -0.05) is 47.8 Å². The zero-order chi connectivity index (χ0) is 26.5. The molecule has 0 spiro atoms. The van der Waals surface area contributed by atoms with Gasteiger partial charge in [0.05, 0.1) is 27.5 Å². The molecule has 37 heavy (non-hydrogen) atoms. The largest absolute Gasteiger partial charge is 0.511 e. The van der Waals surface area contributed by atoms with E-state index in [0.717, 1.165) is 31.2 Å². The lowest BCUT2D eigenvalue weighted by Crippen LogP contribution is -2.63. The number of hydrogen-bond donors (Lipinski definition) is 2. The molecule has 2 atom stereocenters. The number of sulfonamides is 1. The van der Waals surface area contributed by atoms with Gasteiger partial charge in [0, 0.05) is 40.8 Å². The Hall–Kier alpha value is -2.12. The Kier molecular flexibility index (Phi) is 7.07. The van der Waals surface area contributed by atoms with Crippen LogP contribution in [-0.4, -0.2) is 44.3 Å². The zero-order valence-electron chi connectivity index (χ0n) is 20.0. The molecule has 12 heteroatoms. The fraction of sp³-hybridized carbons (Fsp3) is 0.360. The molecule has 0 saturated heterocycles. The van der Waals surface area contributed by atoms with Crippen molar-refractivity contribution < 1.29 is 26.7 Å². The Morgan fingerprint density at radius 2 is 1.32 bits per heavy atom. The Balaban J connectivity index is 1.48. The van der Waals surface area contributed by atoms with E-state index in [4.69, 9.17) is 0 Å². The molecule has 2 heterocycles. The van der Waals surface area contributed by atoms with Gasteiger partial charge < -0.3 is 14.9 Å². The van der Waals surface area contributed by atoms with E-state index in [1.165, 1.54) is 23.5 Å². The maximum atomic E-state index is 13.3. The average molecular weight is 570 g/mol. The van der Waals surface area contributed by atoms with E-state index in [0.29, 0.717) is 13.1 Å². The van der Waals surface area contributed by atoms with Crippen LogP contribution in [0.15, 0.2) is 80.5 Å². The van der Waals surface area contributed by atoms with Crippen molar-refractivity contribution in [2.45, 2.75) is 41.3 Å². The summed E-state index contributed by atoms with van der Waals surface area (Å²) in [4.78, 5) is 6.01. The number of anilines is 2. The second-order valence-corrected chi connectivity index (χ2v) is 12.7. The predicted molar refractivity (Wildman–Crippen MR) is 142 cm³/mol. The molecule has 2 unspecified atom stereocenters. The molecule has 1 fully saturated rings. The summed E-state index contributed by atoms with van der Waals surface area (Å²) in [7, 11) is -5.62. The van der Waals surface area contributed by atoms with Crippen molar-refractivity contribution in [1.82, 2.24) is 4.72 Å². The van der Waals surface area contributed by atoms with Crippen molar-refractivity contribution >= 4 is 44.9 Å². The van der Waals surface area contributed by atoms with Gasteiger partial charge in [0.1, 0.15) is 0 Å². The number of para-hydroxylation sites is 2. The summed E-state index contributed by atoms with van der Waals surface area (Å²) in [6.07, 6.45) is 2.34. The normalized spacial score (nSPS) is 27.5. The van der Waals surface area contributed by atoms with Crippen LogP contribution in [0.25, 0.3) is 0 Å². The van der Waals surface area contributed by atoms with Crippen LogP contribution in [0.2, 0.25) is 0 Å². The number of aliphatic hydroxyl groups excluding tert-OH is 1. The molecule has 198 valence electrons. The van der Waals surface area contributed by atoms with Gasteiger partial charge in [0.15, 0.2) is 0 Å². The summed E-state index contributed by atoms with van der Waals surface area (Å²) in [5.41, 5.74) is -3.51. The quantitative estimate of drug-likeness (QED) is 0.486. The summed E-state index contributed by atoms with van der Waals surface area (Å²) in [5.74, 6) is -1.68. The molecule has 0 radical (unpaired) electrons. The first kappa shape index (κ1) is 26.5. The Morgan fingerprint density at radius 3 is 1.73 bits per heavy atom. The van der Waals surface area contributed by atoms with Crippen LogP contribution in [0.3, 0.4) is 0 Å². The summed E-state index contributed by atoms with van der Waals surface area (Å²) < 4.78 is 66.1. The molecule has 6 nitrogen and oxygen atoms in total. The first-order chi connectivity index (χ1) is 17.6. The monoisotopic (exact) mass is 569 g/mol. The van der Waals surface area contributed by atoms with E-state index < -0.39 is 39.5 Å². The molecule has 5 rings (SSSR count). The predicted octanol–water partition coefficient (Wildman–Crippen LogP) is 5.35. The maximum Gasteiger partial charge on any atom is 0.511 e. The molecule has 0 aromatic heterocycles. The first-order valence-corrected chi connectivity index (χ1v) is 15.0. The highest BCUT2D eigenvalue weighted by Crippen LogP contribution is 2.51. The lowest BCUT2D eigenvalue weighted by atomic mass is 9.67. The van der Waals surface area contributed by atoms with Crippen LogP contribution in [0.5, 0.6) is 0 Å². The number of hydrogen-bond acceptors (Lipinski definition) is 7. The van der Waals surface area contributed by atoms with Gasteiger partial charge in [-0.25, -0.2) is 13.1 Å². The summed E-state index contributed by atoms with van der Waals surface area (Å²) >= 11 is 2.91. The third kappa shape index (κ3) is 4.67. The number of aliphatic hydroxyl groups is 1. The highest BCUT2D eigenvalue weighted by atomic mass is 32.2. The van der Waals surface area contributed by atoms with Crippen LogP contribution in [-0.2, 0) is 10.0 Å². The van der Waals surface area contributed by atoms with Crippen molar-refractivity contribution in [1.29, 1.82) is 0 Å². The number of nitrogens with one attached hydrogen (secondary N) is 1. The zero-order valence-corrected chi connectivity index (χ0v) is 22.5. The highest BCUT2D eigenvalue weighted by molar-refractivity contribution is 8.04. The first-order valence-electron chi connectivity index (χ1n) is 11.8. The van der Waals surface area contributed by atoms with Crippen LogP contribution >= 0.6 is 23.5 Å². The molecule has 2 aromatic carbocycles. The maximum absolute atomic E-state index is 13.3. The fourth-order valence-corrected chi connectivity index (χ4v) is 8.18. The van der Waals surface area contributed by atoms with E-state index in [2.05, 4.69) is 0 Å². The molecule has 3 aliphatic rings. The van der Waals surface area contributed by atoms with Crippen LogP contribution in [0.1, 0.15) is 13.8 Å². The smallest absolute Gasteiger partial charge is 0.392 e. The second-order valence-electron chi connectivity index (χ2n) is 8.88. The van der Waals surface area contributed by atoms with E-state index in [1.807, 2.05) is 76.9 Å². The lowest BCUT2D eigenvalue weighted by Gasteiger charge is -2.47. The minimum atomic E-state index is -5.62. The third-order valence-corrected chi connectivity index (χ3v) is 10.2. The Morgan fingerprint density at radius 1 is 0.892 bits per heavy atom. The number of fused-ring (bicyclic) bond motifs is 2. The Labute approximate surface area is 222 Å². The van der Waals surface area contributed by atoms with Crippen molar-refractivity contribution in [2.24, 2.45) is 11.8 Å². The summed E-state index contributed by atoms with van der Waals surface area (Å²) in [6, 6.07) is 14.3. The minimum absolute atomic E-state index is 0.617. The highest BCUT2D eigenvalue weighted by Gasteiger charge is 2.55. The number of thioether (sulfide) groups is 2. The molecular formula is C25H26F3N3O3S3. The van der Waals surface area contributed by atoms with E-state index in [1.54, 1.807) is 12.2 Å². The number of halogens is 3. The van der Waals surface area contributed by atoms with Crippen LogP contribution in [0.4, 0.5) is 24.5 Å². The van der Waals surface area contributed by atoms with Crippen molar-refractivity contribution in [3.63, 3.8) is 0 Å². The minimum Gasteiger partial charge on any atom is -0.392 e. The van der Waals surface area contributed by atoms with Crippen molar-refractivity contribution in [2.75, 3.05) is 22.9 Å². The molecule has 0 amide bonds. The standard InChI is InChI=1S/C25H26F3N3O3S3/c1-3-30-17-9-5-7-11-19(17)35-21(30)13-15-23(29-37(33,34)25(26,27)28)16(24(15)32)14-22-31(4-2)18-10-6-8-12-20(18)36-22/h5-16,23-24,29,32H,3-4H2,1-2H3/b21-13-,22-14-.